The highest BCUT2D eigenvalue weighted by molar-refractivity contribution is 5.94. The second-order valence-corrected chi connectivity index (χ2v) is 7.16. The summed E-state index contributed by atoms with van der Waals surface area (Å²) in [6.07, 6.45) is 4.96. The van der Waals surface area contributed by atoms with E-state index in [9.17, 15) is 14.7 Å². The largest absolute Gasteiger partial charge is 0.394 e. The van der Waals surface area contributed by atoms with Crippen LogP contribution >= 0.6 is 0 Å². The Labute approximate surface area is 170 Å². The maximum Gasteiger partial charge on any atom is 0.251 e. The molecule has 1 aliphatic heterocycles. The van der Waals surface area contributed by atoms with Crippen LogP contribution in [0.3, 0.4) is 0 Å². The number of pyridine rings is 1. The van der Waals surface area contributed by atoms with Crippen LogP contribution in [0.4, 0.5) is 0 Å². The lowest BCUT2D eigenvalue weighted by Crippen LogP contribution is -2.51. The van der Waals surface area contributed by atoms with E-state index in [-0.39, 0.29) is 37.0 Å². The third-order valence-corrected chi connectivity index (χ3v) is 5.05. The lowest BCUT2D eigenvalue weighted by Gasteiger charge is -2.36. The number of amides is 2. The Kier molecular flexibility index (Phi) is 7.72. The normalized spacial score (nSPS) is 21.3. The first kappa shape index (κ1) is 21.0. The van der Waals surface area contributed by atoms with Crippen LogP contribution in [0.15, 0.2) is 54.9 Å². The number of hydrogen-bond donors (Lipinski definition) is 3. The van der Waals surface area contributed by atoms with Gasteiger partial charge in [0.1, 0.15) is 6.10 Å². The van der Waals surface area contributed by atoms with Gasteiger partial charge in [-0.1, -0.05) is 18.2 Å². The molecule has 7 heteroatoms. The molecule has 2 aromatic rings. The summed E-state index contributed by atoms with van der Waals surface area (Å²) in [5.74, 6) is -0.266. The maximum atomic E-state index is 12.4. The number of hydrogen-bond acceptors (Lipinski definition) is 5. The Morgan fingerprint density at radius 3 is 2.59 bits per heavy atom. The maximum absolute atomic E-state index is 12.4. The summed E-state index contributed by atoms with van der Waals surface area (Å²) in [6, 6.07) is 12.5. The second kappa shape index (κ2) is 10.7. The minimum absolute atomic E-state index is 0.0764. The topological polar surface area (TPSA) is 101 Å². The van der Waals surface area contributed by atoms with Gasteiger partial charge in [-0.3, -0.25) is 14.6 Å². The molecule has 0 aliphatic carbocycles. The van der Waals surface area contributed by atoms with E-state index < -0.39 is 6.10 Å². The molecule has 1 aliphatic rings. The summed E-state index contributed by atoms with van der Waals surface area (Å²) in [5, 5.41) is 15.5. The minimum atomic E-state index is -0.522. The Hall–Kier alpha value is -2.77. The molecule has 0 saturated carbocycles. The van der Waals surface area contributed by atoms with E-state index >= 15 is 0 Å². The van der Waals surface area contributed by atoms with Crippen molar-refractivity contribution in [3.8, 4) is 0 Å². The number of nitrogens with one attached hydrogen (secondary N) is 2. The van der Waals surface area contributed by atoms with Crippen molar-refractivity contribution in [2.24, 2.45) is 0 Å². The summed E-state index contributed by atoms with van der Waals surface area (Å²) in [5.41, 5.74) is 1.69. The van der Waals surface area contributed by atoms with Crippen molar-refractivity contribution in [3.63, 3.8) is 0 Å². The highest BCUT2D eigenvalue weighted by Gasteiger charge is 2.32. The number of aliphatic hydroxyl groups is 1. The summed E-state index contributed by atoms with van der Waals surface area (Å²) in [7, 11) is 0. The molecule has 7 nitrogen and oxygen atoms in total. The molecule has 0 spiro atoms. The fourth-order valence-corrected chi connectivity index (χ4v) is 3.46. The lowest BCUT2D eigenvalue weighted by atomic mass is 9.96. The molecule has 0 unspecified atom stereocenters. The van der Waals surface area contributed by atoms with Crippen LogP contribution in [0, 0.1) is 0 Å². The predicted octanol–water partition coefficient (Wildman–Crippen LogP) is 1.47. The molecular formula is C22H27N3O4. The van der Waals surface area contributed by atoms with Crippen LogP contribution in [-0.2, 0) is 16.0 Å². The zero-order valence-corrected chi connectivity index (χ0v) is 16.3. The number of benzene rings is 1. The van der Waals surface area contributed by atoms with Gasteiger partial charge in [0, 0.05) is 24.5 Å². The van der Waals surface area contributed by atoms with E-state index in [0.717, 1.165) is 12.0 Å². The molecule has 1 fully saturated rings. The van der Waals surface area contributed by atoms with Crippen LogP contribution in [-0.4, -0.2) is 53.3 Å². The molecule has 3 atom stereocenters. The van der Waals surface area contributed by atoms with E-state index in [2.05, 4.69) is 15.6 Å². The zero-order valence-electron chi connectivity index (χ0n) is 16.3. The lowest BCUT2D eigenvalue weighted by molar-refractivity contribution is -0.130. The van der Waals surface area contributed by atoms with Crippen molar-refractivity contribution in [2.75, 3.05) is 13.2 Å². The first-order valence-electron chi connectivity index (χ1n) is 9.93. The smallest absolute Gasteiger partial charge is 0.251 e. The Bertz CT molecular complexity index is 785. The van der Waals surface area contributed by atoms with Gasteiger partial charge >= 0.3 is 0 Å². The predicted molar refractivity (Wildman–Crippen MR) is 108 cm³/mol. The van der Waals surface area contributed by atoms with Gasteiger partial charge in [0.15, 0.2) is 0 Å². The number of carbonyl (C=O) groups excluding carboxylic acids is 2. The Balaban J connectivity index is 1.42. The summed E-state index contributed by atoms with van der Waals surface area (Å²) >= 11 is 0. The van der Waals surface area contributed by atoms with Gasteiger partial charge in [-0.05, 0) is 49.1 Å². The van der Waals surface area contributed by atoms with E-state index in [1.54, 1.807) is 36.7 Å². The van der Waals surface area contributed by atoms with E-state index in [4.69, 9.17) is 4.74 Å². The molecule has 154 valence electrons. The molecule has 0 radical (unpaired) electrons. The van der Waals surface area contributed by atoms with E-state index in [0.29, 0.717) is 24.9 Å². The minimum Gasteiger partial charge on any atom is -0.394 e. The van der Waals surface area contributed by atoms with Crippen LogP contribution in [0.2, 0.25) is 0 Å². The average Bonchev–Trinajstić information content (AvgIpc) is 2.76. The Morgan fingerprint density at radius 2 is 1.86 bits per heavy atom. The zero-order chi connectivity index (χ0) is 20.5. The van der Waals surface area contributed by atoms with Crippen LogP contribution < -0.4 is 10.6 Å². The van der Waals surface area contributed by atoms with Gasteiger partial charge in [0.25, 0.3) is 5.91 Å². The molecule has 1 aromatic heterocycles. The first-order chi connectivity index (χ1) is 14.2. The van der Waals surface area contributed by atoms with Crippen molar-refractivity contribution in [3.05, 3.63) is 66.0 Å². The third kappa shape index (κ3) is 6.37. The molecule has 2 amide bonds. The monoisotopic (exact) mass is 397 g/mol. The molecule has 1 aromatic carbocycles. The summed E-state index contributed by atoms with van der Waals surface area (Å²) in [4.78, 5) is 28.5. The number of carbonyl (C=O) groups is 2. The Morgan fingerprint density at radius 1 is 1.10 bits per heavy atom. The molecule has 29 heavy (non-hydrogen) atoms. The van der Waals surface area contributed by atoms with Gasteiger partial charge < -0.3 is 20.5 Å². The van der Waals surface area contributed by atoms with Gasteiger partial charge in [0.2, 0.25) is 5.91 Å². The van der Waals surface area contributed by atoms with Crippen molar-refractivity contribution < 1.29 is 19.4 Å². The average molecular weight is 397 g/mol. The van der Waals surface area contributed by atoms with Crippen molar-refractivity contribution in [1.29, 1.82) is 0 Å². The van der Waals surface area contributed by atoms with Gasteiger partial charge in [-0.2, -0.15) is 0 Å². The van der Waals surface area contributed by atoms with Gasteiger partial charge in [-0.25, -0.2) is 0 Å². The molecule has 0 bridgehead atoms. The fourth-order valence-electron chi connectivity index (χ4n) is 3.46. The highest BCUT2D eigenvalue weighted by atomic mass is 16.5. The second-order valence-electron chi connectivity index (χ2n) is 7.16. The number of nitrogens with zero attached hydrogens (tertiary/aromatic N) is 1. The standard InChI is InChI=1S/C22H27N3O4/c26-15-20-19(25-22(28)17-4-2-1-3-5-17)7-6-18(29-20)14-21(27)24-13-10-16-8-11-23-12-9-16/h1-5,8-9,11-12,18-20,26H,6-7,10,13-15H2,(H,24,27)(H,25,28)/t18-,19+,20-/m0/s1. The molecule has 3 rings (SSSR count). The van der Waals surface area contributed by atoms with E-state index in [1.165, 1.54) is 0 Å². The SMILES string of the molecule is O=C(C[C@@H]1CC[C@@H](NC(=O)c2ccccc2)[C@H](CO)O1)NCCc1ccncc1. The van der Waals surface area contributed by atoms with Crippen molar-refractivity contribution >= 4 is 11.8 Å². The molecule has 1 saturated heterocycles. The fraction of sp³-hybridized carbons (Fsp3) is 0.409. The molecule has 2 heterocycles. The highest BCUT2D eigenvalue weighted by Crippen LogP contribution is 2.22. The third-order valence-electron chi connectivity index (χ3n) is 5.05. The summed E-state index contributed by atoms with van der Waals surface area (Å²) in [6.45, 7) is 0.342. The van der Waals surface area contributed by atoms with Gasteiger partial charge in [-0.15, -0.1) is 0 Å². The molecular weight excluding hydrogens is 370 g/mol. The number of rotatable bonds is 8. The van der Waals surface area contributed by atoms with Gasteiger partial charge in [0.05, 0.1) is 25.2 Å². The van der Waals surface area contributed by atoms with E-state index in [1.807, 2.05) is 18.2 Å². The van der Waals surface area contributed by atoms with Crippen molar-refractivity contribution in [2.45, 2.75) is 43.9 Å². The number of aromatic nitrogens is 1. The molecule has 3 N–H and O–H groups in total. The van der Waals surface area contributed by atoms with Crippen LogP contribution in [0.25, 0.3) is 0 Å². The van der Waals surface area contributed by atoms with Crippen molar-refractivity contribution in [1.82, 2.24) is 15.6 Å². The number of ether oxygens (including phenoxy) is 1. The number of aliphatic hydroxyl groups excluding tert-OH is 1. The summed E-state index contributed by atoms with van der Waals surface area (Å²) < 4.78 is 5.89. The first-order valence-corrected chi connectivity index (χ1v) is 9.93. The van der Waals surface area contributed by atoms with Crippen LogP contribution in [0.5, 0.6) is 0 Å². The van der Waals surface area contributed by atoms with Crippen LogP contribution in [0.1, 0.15) is 35.2 Å². The quantitative estimate of drug-likeness (QED) is 0.626.